The summed E-state index contributed by atoms with van der Waals surface area (Å²) in [6, 6.07) is 6.61. The average Bonchev–Trinajstić information content (AvgIpc) is 3.10. The molecule has 0 unspecified atom stereocenters. The molecule has 122 valence electrons. The van der Waals surface area contributed by atoms with Crippen LogP contribution in [0.3, 0.4) is 0 Å². The fraction of sp³-hybridized carbons (Fsp3) is 0.353. The van der Waals surface area contributed by atoms with E-state index >= 15 is 0 Å². The van der Waals surface area contributed by atoms with Crippen molar-refractivity contribution in [3.8, 4) is 0 Å². The lowest BCUT2D eigenvalue weighted by atomic mass is 10.2. The lowest BCUT2D eigenvalue weighted by Crippen LogP contribution is -2.26. The topological polar surface area (TPSA) is 84.2 Å². The second kappa shape index (κ2) is 8.73. The summed E-state index contributed by atoms with van der Waals surface area (Å²) in [5.74, 6) is 0.119. The second-order valence-corrected chi connectivity index (χ2v) is 5.15. The van der Waals surface area contributed by atoms with Crippen molar-refractivity contribution in [1.29, 1.82) is 0 Å². The van der Waals surface area contributed by atoms with Crippen molar-refractivity contribution in [2.45, 2.75) is 32.7 Å². The average molecular weight is 315 g/mol. The summed E-state index contributed by atoms with van der Waals surface area (Å²) < 4.78 is 5.15. The number of nitrogens with one attached hydrogen (secondary N) is 2. The first-order valence-electron chi connectivity index (χ1n) is 7.75. The van der Waals surface area contributed by atoms with E-state index < -0.39 is 0 Å². The van der Waals surface area contributed by atoms with Crippen LogP contribution in [-0.4, -0.2) is 23.3 Å². The molecule has 2 aromatic heterocycles. The van der Waals surface area contributed by atoms with Gasteiger partial charge in [0.2, 0.25) is 0 Å². The zero-order valence-electron chi connectivity index (χ0n) is 13.2. The Morgan fingerprint density at radius 1 is 1.17 bits per heavy atom. The Morgan fingerprint density at radius 2 is 2.04 bits per heavy atom. The van der Waals surface area contributed by atoms with Crippen LogP contribution in [0.25, 0.3) is 0 Å². The number of unbranched alkanes of at least 4 members (excludes halogenated alkanes) is 2. The van der Waals surface area contributed by atoms with Gasteiger partial charge in [-0.15, -0.1) is 0 Å². The van der Waals surface area contributed by atoms with Gasteiger partial charge in [-0.25, -0.2) is 0 Å². The molecule has 23 heavy (non-hydrogen) atoms. The van der Waals surface area contributed by atoms with E-state index in [1.165, 1.54) is 12.3 Å². The molecule has 0 saturated carbocycles. The van der Waals surface area contributed by atoms with E-state index in [4.69, 9.17) is 4.42 Å². The van der Waals surface area contributed by atoms with Crippen molar-refractivity contribution in [2.24, 2.45) is 0 Å². The molecule has 0 aliphatic rings. The Morgan fingerprint density at radius 3 is 2.78 bits per heavy atom. The maximum atomic E-state index is 12.1. The summed E-state index contributed by atoms with van der Waals surface area (Å²) in [7, 11) is 0. The summed E-state index contributed by atoms with van der Waals surface area (Å²) in [6.45, 7) is 3.02. The van der Waals surface area contributed by atoms with Crippen molar-refractivity contribution < 1.29 is 14.0 Å². The summed E-state index contributed by atoms with van der Waals surface area (Å²) >= 11 is 0. The van der Waals surface area contributed by atoms with Crippen LogP contribution in [0.1, 0.15) is 52.8 Å². The number of aromatic nitrogens is 1. The molecule has 2 N–H and O–H groups in total. The minimum absolute atomic E-state index is 0.191. The normalized spacial score (nSPS) is 10.3. The van der Waals surface area contributed by atoms with E-state index in [1.807, 2.05) is 0 Å². The summed E-state index contributed by atoms with van der Waals surface area (Å²) in [6.07, 6.45) is 6.14. The first kappa shape index (κ1) is 16.7. The van der Waals surface area contributed by atoms with E-state index in [0.717, 1.165) is 19.3 Å². The quantitative estimate of drug-likeness (QED) is 0.733. The van der Waals surface area contributed by atoms with Crippen LogP contribution in [0.15, 0.2) is 41.1 Å². The molecule has 0 fully saturated rings. The number of pyridine rings is 1. The highest BCUT2D eigenvalue weighted by Gasteiger charge is 2.11. The molecular formula is C17H21N3O3. The number of carbonyl (C=O) groups excluding carboxylic acids is 2. The zero-order valence-corrected chi connectivity index (χ0v) is 13.2. The minimum Gasteiger partial charge on any atom is -0.467 e. The van der Waals surface area contributed by atoms with Gasteiger partial charge in [-0.3, -0.25) is 14.6 Å². The molecule has 0 atom stereocenters. The Hall–Kier alpha value is -2.63. The number of rotatable bonds is 8. The molecule has 0 bridgehead atoms. The highest BCUT2D eigenvalue weighted by Crippen LogP contribution is 2.04. The van der Waals surface area contributed by atoms with Crippen LogP contribution < -0.4 is 10.6 Å². The third-order valence-electron chi connectivity index (χ3n) is 3.32. The van der Waals surface area contributed by atoms with E-state index in [9.17, 15) is 9.59 Å². The number of amides is 2. The third-order valence-corrected chi connectivity index (χ3v) is 3.32. The molecule has 0 spiro atoms. The predicted octanol–water partition coefficient (Wildman–Crippen LogP) is 2.52. The zero-order chi connectivity index (χ0) is 16.5. The highest BCUT2D eigenvalue weighted by atomic mass is 16.3. The number of carbonyl (C=O) groups is 2. The van der Waals surface area contributed by atoms with Crippen LogP contribution in [0.2, 0.25) is 0 Å². The van der Waals surface area contributed by atoms with E-state index in [2.05, 4.69) is 22.5 Å². The van der Waals surface area contributed by atoms with Crippen LogP contribution in [0.5, 0.6) is 0 Å². The maximum Gasteiger partial charge on any atom is 0.270 e. The Labute approximate surface area is 135 Å². The fourth-order valence-corrected chi connectivity index (χ4v) is 2.05. The van der Waals surface area contributed by atoms with E-state index in [-0.39, 0.29) is 24.1 Å². The summed E-state index contributed by atoms with van der Waals surface area (Å²) in [5, 5.41) is 5.54. The molecule has 0 aliphatic heterocycles. The van der Waals surface area contributed by atoms with Gasteiger partial charge in [0.15, 0.2) is 0 Å². The molecule has 0 saturated heterocycles. The molecular weight excluding hydrogens is 294 g/mol. The molecule has 2 rings (SSSR count). The molecule has 2 heterocycles. The molecule has 0 aliphatic carbocycles. The van der Waals surface area contributed by atoms with Crippen molar-refractivity contribution in [3.63, 3.8) is 0 Å². The Balaban J connectivity index is 1.90. The Bertz CT molecular complexity index is 638. The van der Waals surface area contributed by atoms with Gasteiger partial charge >= 0.3 is 0 Å². The second-order valence-electron chi connectivity index (χ2n) is 5.15. The van der Waals surface area contributed by atoms with Crippen molar-refractivity contribution in [2.75, 3.05) is 6.54 Å². The van der Waals surface area contributed by atoms with Gasteiger partial charge < -0.3 is 15.1 Å². The predicted molar refractivity (Wildman–Crippen MR) is 86.0 cm³/mol. The maximum absolute atomic E-state index is 12.1. The van der Waals surface area contributed by atoms with Gasteiger partial charge in [0.1, 0.15) is 11.5 Å². The largest absolute Gasteiger partial charge is 0.467 e. The SMILES string of the molecule is CCCCCNC(=O)c1ccnc(C(=O)NCc2ccco2)c1. The number of furan rings is 1. The highest BCUT2D eigenvalue weighted by molar-refractivity contribution is 5.98. The van der Waals surface area contributed by atoms with Gasteiger partial charge in [0.25, 0.3) is 11.8 Å². The lowest BCUT2D eigenvalue weighted by Gasteiger charge is -2.06. The number of nitrogens with zero attached hydrogens (tertiary/aromatic N) is 1. The van der Waals surface area contributed by atoms with Gasteiger partial charge in [-0.05, 0) is 30.7 Å². The monoisotopic (exact) mass is 315 g/mol. The van der Waals surface area contributed by atoms with Crippen molar-refractivity contribution in [1.82, 2.24) is 15.6 Å². The molecule has 2 aromatic rings. The summed E-state index contributed by atoms with van der Waals surface area (Å²) in [4.78, 5) is 28.1. The molecule has 0 aromatic carbocycles. The number of hydrogen-bond acceptors (Lipinski definition) is 4. The van der Waals surface area contributed by atoms with Gasteiger partial charge in [-0.1, -0.05) is 19.8 Å². The fourth-order valence-electron chi connectivity index (χ4n) is 2.05. The van der Waals surface area contributed by atoms with Crippen LogP contribution in [0.4, 0.5) is 0 Å². The van der Waals surface area contributed by atoms with Gasteiger partial charge in [0, 0.05) is 18.3 Å². The number of hydrogen-bond donors (Lipinski definition) is 2. The molecule has 6 nitrogen and oxygen atoms in total. The molecule has 2 amide bonds. The van der Waals surface area contributed by atoms with Gasteiger partial charge in [-0.2, -0.15) is 0 Å². The van der Waals surface area contributed by atoms with Crippen LogP contribution in [0, 0.1) is 0 Å². The lowest BCUT2D eigenvalue weighted by molar-refractivity contribution is 0.0943. The smallest absolute Gasteiger partial charge is 0.270 e. The minimum atomic E-state index is -0.345. The van der Waals surface area contributed by atoms with Crippen LogP contribution in [-0.2, 0) is 6.54 Å². The third kappa shape index (κ3) is 5.25. The van der Waals surface area contributed by atoms with Crippen LogP contribution >= 0.6 is 0 Å². The van der Waals surface area contributed by atoms with Gasteiger partial charge in [0.05, 0.1) is 12.8 Å². The molecule has 0 radical (unpaired) electrons. The van der Waals surface area contributed by atoms with Crippen molar-refractivity contribution >= 4 is 11.8 Å². The van der Waals surface area contributed by atoms with Crippen molar-refractivity contribution in [3.05, 3.63) is 53.7 Å². The first-order chi connectivity index (χ1) is 11.2. The van der Waals surface area contributed by atoms with E-state index in [1.54, 1.807) is 24.5 Å². The first-order valence-corrected chi connectivity index (χ1v) is 7.75. The van der Waals surface area contributed by atoms with E-state index in [0.29, 0.717) is 17.9 Å². The Kier molecular flexibility index (Phi) is 6.35. The standard InChI is InChI=1S/C17H21N3O3/c1-2-3-4-8-19-16(21)13-7-9-18-15(11-13)17(22)20-12-14-6-5-10-23-14/h5-7,9-11H,2-4,8,12H2,1H3,(H,19,21)(H,20,22). The molecule has 6 heteroatoms. The summed E-state index contributed by atoms with van der Waals surface area (Å²) in [5.41, 5.74) is 0.636.